The Balaban J connectivity index is 1.53. The second-order valence-electron chi connectivity index (χ2n) is 5.56. The normalized spacial score (nSPS) is 18.5. The predicted octanol–water partition coefficient (Wildman–Crippen LogP) is 2.84. The Bertz CT molecular complexity index is 722. The zero-order chi connectivity index (χ0) is 14.8. The Morgan fingerprint density at radius 3 is 2.91 bits per heavy atom. The summed E-state index contributed by atoms with van der Waals surface area (Å²) in [6.07, 6.45) is 4.06. The molecule has 1 aliphatic heterocycles. The molecule has 22 heavy (non-hydrogen) atoms. The van der Waals surface area contributed by atoms with Crippen molar-refractivity contribution < 1.29 is 4.52 Å². The summed E-state index contributed by atoms with van der Waals surface area (Å²) in [4.78, 5) is 6.70. The van der Waals surface area contributed by atoms with E-state index in [-0.39, 0.29) is 0 Å². The van der Waals surface area contributed by atoms with Crippen LogP contribution in [-0.2, 0) is 0 Å². The predicted molar refractivity (Wildman–Crippen MR) is 82.5 cm³/mol. The monoisotopic (exact) mass is 295 g/mol. The summed E-state index contributed by atoms with van der Waals surface area (Å²) >= 11 is 0. The molecule has 1 aromatic carbocycles. The number of piperidine rings is 1. The van der Waals surface area contributed by atoms with Crippen molar-refractivity contribution in [3.05, 3.63) is 48.3 Å². The number of nitrogens with zero attached hydrogens (tertiary/aromatic N) is 4. The van der Waals surface area contributed by atoms with Crippen LogP contribution in [0.5, 0.6) is 0 Å². The fourth-order valence-electron chi connectivity index (χ4n) is 2.95. The Morgan fingerprint density at radius 2 is 2.09 bits per heavy atom. The number of hydrogen-bond acceptors (Lipinski definition) is 5. The van der Waals surface area contributed by atoms with Gasteiger partial charge in [-0.05, 0) is 18.9 Å². The first kappa shape index (κ1) is 13.1. The third-order valence-electron chi connectivity index (χ3n) is 4.10. The van der Waals surface area contributed by atoms with Gasteiger partial charge < -0.3 is 9.42 Å². The van der Waals surface area contributed by atoms with E-state index in [1.807, 2.05) is 36.4 Å². The van der Waals surface area contributed by atoms with Crippen molar-refractivity contribution in [3.63, 3.8) is 0 Å². The van der Waals surface area contributed by atoms with Crippen molar-refractivity contribution in [2.45, 2.75) is 18.8 Å². The molecule has 2 aromatic heterocycles. The minimum atomic E-state index is 0.434. The van der Waals surface area contributed by atoms with Gasteiger partial charge in [-0.1, -0.05) is 35.5 Å². The maximum atomic E-state index is 5.46. The lowest BCUT2D eigenvalue weighted by molar-refractivity contribution is 0.392. The molecule has 1 fully saturated rings. The van der Waals surface area contributed by atoms with E-state index < -0.39 is 0 Å². The number of anilines is 1. The summed E-state index contributed by atoms with van der Waals surface area (Å²) in [5, 5.41) is 11.2. The Kier molecular flexibility index (Phi) is 3.34. The van der Waals surface area contributed by atoms with E-state index in [0.29, 0.717) is 17.8 Å². The number of hydrogen-bond donors (Lipinski definition) is 1. The second kappa shape index (κ2) is 5.63. The highest BCUT2D eigenvalue weighted by atomic mass is 16.5. The van der Waals surface area contributed by atoms with Gasteiger partial charge in [-0.2, -0.15) is 10.1 Å². The summed E-state index contributed by atoms with van der Waals surface area (Å²) in [6, 6.07) is 12.5. The number of rotatable bonds is 3. The van der Waals surface area contributed by atoms with Crippen LogP contribution >= 0.6 is 0 Å². The standard InChI is InChI=1S/C16H17N5O/c1-2-5-12(6-3-1)15-18-16(22-20-15)21-10-4-7-13(11-21)14-8-9-17-19-14/h1-3,5-6,8-9,13H,4,7,10-11H2,(H,17,19). The Hall–Kier alpha value is -2.63. The van der Waals surface area contributed by atoms with Crippen LogP contribution in [0.4, 0.5) is 6.01 Å². The highest BCUT2D eigenvalue weighted by Crippen LogP contribution is 2.29. The van der Waals surface area contributed by atoms with Crippen LogP contribution in [0.1, 0.15) is 24.5 Å². The van der Waals surface area contributed by atoms with E-state index in [9.17, 15) is 0 Å². The zero-order valence-corrected chi connectivity index (χ0v) is 12.1. The maximum Gasteiger partial charge on any atom is 0.324 e. The molecule has 0 aliphatic carbocycles. The summed E-state index contributed by atoms with van der Waals surface area (Å²) in [5.74, 6) is 1.07. The van der Waals surface area contributed by atoms with Gasteiger partial charge in [0.25, 0.3) is 0 Å². The Labute approximate surface area is 128 Å². The van der Waals surface area contributed by atoms with E-state index in [2.05, 4.69) is 25.2 Å². The largest absolute Gasteiger partial charge is 0.324 e. The lowest BCUT2D eigenvalue weighted by Gasteiger charge is -2.30. The SMILES string of the molecule is c1ccc(-c2noc(N3CCCC(c4ccn[nH]4)C3)n2)cc1. The highest BCUT2D eigenvalue weighted by molar-refractivity contribution is 5.55. The van der Waals surface area contributed by atoms with Crippen LogP contribution in [0.25, 0.3) is 11.4 Å². The second-order valence-corrected chi connectivity index (χ2v) is 5.56. The highest BCUT2D eigenvalue weighted by Gasteiger charge is 2.25. The number of benzene rings is 1. The van der Waals surface area contributed by atoms with Crippen LogP contribution in [0.2, 0.25) is 0 Å². The van der Waals surface area contributed by atoms with Crippen molar-refractivity contribution >= 4 is 6.01 Å². The van der Waals surface area contributed by atoms with Crippen LogP contribution in [0, 0.1) is 0 Å². The van der Waals surface area contributed by atoms with Gasteiger partial charge in [-0.3, -0.25) is 5.10 Å². The van der Waals surface area contributed by atoms with Crippen LogP contribution in [0.15, 0.2) is 47.1 Å². The molecule has 4 rings (SSSR count). The summed E-state index contributed by atoms with van der Waals surface area (Å²) in [5.41, 5.74) is 2.15. The van der Waals surface area contributed by atoms with E-state index in [1.54, 1.807) is 6.20 Å². The lowest BCUT2D eigenvalue weighted by atomic mass is 9.95. The quantitative estimate of drug-likeness (QED) is 0.804. The molecule has 1 atom stereocenters. The van der Waals surface area contributed by atoms with Crippen molar-refractivity contribution in [2.24, 2.45) is 0 Å². The number of aromatic amines is 1. The molecule has 3 heterocycles. The molecular formula is C16H17N5O. The van der Waals surface area contributed by atoms with Crippen molar-refractivity contribution in [3.8, 4) is 11.4 Å². The van der Waals surface area contributed by atoms with Gasteiger partial charge in [0.15, 0.2) is 0 Å². The fourth-order valence-corrected chi connectivity index (χ4v) is 2.95. The van der Waals surface area contributed by atoms with Crippen LogP contribution in [-0.4, -0.2) is 33.4 Å². The van der Waals surface area contributed by atoms with Crippen LogP contribution < -0.4 is 4.90 Å². The van der Waals surface area contributed by atoms with E-state index in [4.69, 9.17) is 4.52 Å². The number of aromatic nitrogens is 4. The number of nitrogens with one attached hydrogen (secondary N) is 1. The van der Waals surface area contributed by atoms with Crippen LogP contribution in [0.3, 0.4) is 0 Å². The maximum absolute atomic E-state index is 5.46. The average molecular weight is 295 g/mol. The van der Waals surface area contributed by atoms with Gasteiger partial charge >= 0.3 is 6.01 Å². The fraction of sp³-hybridized carbons (Fsp3) is 0.312. The minimum Gasteiger partial charge on any atom is -0.324 e. The third kappa shape index (κ3) is 2.47. The van der Waals surface area contributed by atoms with Gasteiger partial charge in [0.05, 0.1) is 0 Å². The van der Waals surface area contributed by atoms with E-state index in [1.165, 1.54) is 5.69 Å². The third-order valence-corrected chi connectivity index (χ3v) is 4.10. The molecule has 1 unspecified atom stereocenters. The van der Waals surface area contributed by atoms with Gasteiger partial charge in [0, 0.05) is 36.5 Å². The van der Waals surface area contributed by atoms with E-state index in [0.717, 1.165) is 31.5 Å². The molecule has 1 N–H and O–H groups in total. The van der Waals surface area contributed by atoms with E-state index >= 15 is 0 Å². The first-order valence-electron chi connectivity index (χ1n) is 7.53. The molecule has 0 radical (unpaired) electrons. The minimum absolute atomic E-state index is 0.434. The summed E-state index contributed by atoms with van der Waals surface area (Å²) in [6.45, 7) is 1.82. The molecule has 0 spiro atoms. The lowest BCUT2D eigenvalue weighted by Crippen LogP contribution is -2.34. The molecule has 0 saturated carbocycles. The molecule has 112 valence electrons. The zero-order valence-electron chi connectivity index (χ0n) is 12.1. The molecule has 0 bridgehead atoms. The van der Waals surface area contributed by atoms with Crippen molar-refractivity contribution in [2.75, 3.05) is 18.0 Å². The summed E-state index contributed by atoms with van der Waals surface area (Å²) in [7, 11) is 0. The van der Waals surface area contributed by atoms with Gasteiger partial charge in [0.2, 0.25) is 5.82 Å². The molecular weight excluding hydrogens is 278 g/mol. The average Bonchev–Trinajstić information content (AvgIpc) is 3.28. The van der Waals surface area contributed by atoms with Crippen molar-refractivity contribution in [1.29, 1.82) is 0 Å². The Morgan fingerprint density at radius 1 is 1.18 bits per heavy atom. The van der Waals surface area contributed by atoms with Gasteiger partial charge in [-0.25, -0.2) is 0 Å². The smallest absolute Gasteiger partial charge is 0.324 e. The molecule has 6 heteroatoms. The topological polar surface area (TPSA) is 70.8 Å². The van der Waals surface area contributed by atoms with Gasteiger partial charge in [0.1, 0.15) is 0 Å². The molecule has 3 aromatic rings. The first-order chi connectivity index (χ1) is 10.9. The molecule has 0 amide bonds. The molecule has 6 nitrogen and oxygen atoms in total. The molecule has 1 saturated heterocycles. The molecule has 1 aliphatic rings. The number of H-pyrrole nitrogens is 1. The van der Waals surface area contributed by atoms with Crippen molar-refractivity contribution in [1.82, 2.24) is 20.3 Å². The first-order valence-corrected chi connectivity index (χ1v) is 7.53. The summed E-state index contributed by atoms with van der Waals surface area (Å²) < 4.78 is 5.46. The van der Waals surface area contributed by atoms with Gasteiger partial charge in [-0.15, -0.1) is 0 Å².